The summed E-state index contributed by atoms with van der Waals surface area (Å²) >= 11 is 0. The van der Waals surface area contributed by atoms with Crippen molar-refractivity contribution in [2.75, 3.05) is 0 Å². The van der Waals surface area contributed by atoms with Gasteiger partial charge in [0.05, 0.1) is 0 Å². The molecule has 30 heavy (non-hydrogen) atoms. The first-order valence-electron chi connectivity index (χ1n) is 12.1. The van der Waals surface area contributed by atoms with E-state index in [1.807, 2.05) is 0 Å². The molecule has 0 nitrogen and oxygen atoms in total. The molecule has 0 spiro atoms. The van der Waals surface area contributed by atoms with Crippen LogP contribution in [0, 0.1) is 44.4 Å². The minimum Gasteiger partial charge on any atom is -0.346 e. The smallest absolute Gasteiger partial charge is 0.346 e. The van der Waals surface area contributed by atoms with Crippen molar-refractivity contribution in [2.24, 2.45) is 23.7 Å². The molecule has 0 aromatic heterocycles. The number of allylic oxidation sites excluding steroid dienone is 4. The zero-order valence-corrected chi connectivity index (χ0v) is 20.3. The zero-order chi connectivity index (χ0) is 21.0. The first kappa shape index (κ1) is 25.6. The van der Waals surface area contributed by atoms with Crippen LogP contribution in [-0.4, -0.2) is 0 Å². The molecule has 2 unspecified atom stereocenters. The fraction of sp³-hybridized carbons (Fsp3) is 0.586. The van der Waals surface area contributed by atoms with Crippen molar-refractivity contribution < 1.29 is 18.9 Å². The largest absolute Gasteiger partial charge is 1.00 e. The van der Waals surface area contributed by atoms with E-state index in [1.165, 1.54) is 56.9 Å². The molecule has 0 radical (unpaired) electrons. The molecular formula is C29H42Li-. The van der Waals surface area contributed by atoms with Crippen LogP contribution in [-0.2, 0) is 6.42 Å². The predicted octanol–water partition coefficient (Wildman–Crippen LogP) is 5.43. The van der Waals surface area contributed by atoms with Crippen LogP contribution in [0.15, 0.2) is 41.5 Å². The Balaban J connectivity index is 0.00000104. The summed E-state index contributed by atoms with van der Waals surface area (Å²) in [6.45, 7) is 16.4. The van der Waals surface area contributed by atoms with E-state index in [9.17, 15) is 0 Å². The Morgan fingerprint density at radius 3 is 2.10 bits per heavy atom. The Kier molecular flexibility index (Phi) is 10.0. The molecule has 0 saturated heterocycles. The number of aryl methyl sites for hydroxylation is 2. The van der Waals surface area contributed by atoms with E-state index >= 15 is 0 Å². The summed E-state index contributed by atoms with van der Waals surface area (Å²) in [7, 11) is 0. The Morgan fingerprint density at radius 1 is 0.867 bits per heavy atom. The Bertz CT molecular complexity index is 731. The average molecular weight is 398 g/mol. The minimum atomic E-state index is 0. The third kappa shape index (κ3) is 5.75. The molecule has 1 fully saturated rings. The SMILES string of the molecule is [CH2-]C.[CH2-]C1CCC(C2=CC=C(C3c4ccc(C)cc4CCC3C(C)C)CC2)CC1.[Li+]. The first-order valence-corrected chi connectivity index (χ1v) is 12.1. The molecule has 160 valence electrons. The zero-order valence-electron chi connectivity index (χ0n) is 20.3. The van der Waals surface area contributed by atoms with Crippen molar-refractivity contribution >= 4 is 0 Å². The van der Waals surface area contributed by atoms with Crippen molar-refractivity contribution in [3.8, 4) is 0 Å². The fourth-order valence-electron chi connectivity index (χ4n) is 5.97. The monoisotopic (exact) mass is 397 g/mol. The van der Waals surface area contributed by atoms with E-state index in [-0.39, 0.29) is 18.9 Å². The second kappa shape index (κ2) is 11.8. The molecule has 1 heteroatoms. The van der Waals surface area contributed by atoms with Gasteiger partial charge in [0.1, 0.15) is 0 Å². The van der Waals surface area contributed by atoms with Crippen molar-refractivity contribution in [3.05, 3.63) is 72.0 Å². The molecular weight excluding hydrogens is 355 g/mol. The summed E-state index contributed by atoms with van der Waals surface area (Å²) in [6.07, 6.45) is 15.6. The normalized spacial score (nSPS) is 28.4. The summed E-state index contributed by atoms with van der Waals surface area (Å²) in [4.78, 5) is 0. The molecule has 1 aromatic rings. The molecule has 0 bridgehead atoms. The van der Waals surface area contributed by atoms with Gasteiger partial charge in [-0.15, -0.1) is 0 Å². The van der Waals surface area contributed by atoms with Gasteiger partial charge >= 0.3 is 18.9 Å². The van der Waals surface area contributed by atoms with Crippen LogP contribution in [0.1, 0.15) is 88.3 Å². The van der Waals surface area contributed by atoms with Gasteiger partial charge in [0.15, 0.2) is 0 Å². The molecule has 1 saturated carbocycles. The molecule has 2 atom stereocenters. The van der Waals surface area contributed by atoms with Gasteiger partial charge in [0.2, 0.25) is 0 Å². The quantitative estimate of drug-likeness (QED) is 0.471. The third-order valence-electron chi connectivity index (χ3n) is 7.65. The van der Waals surface area contributed by atoms with Gasteiger partial charge in [0.25, 0.3) is 0 Å². The molecule has 0 N–H and O–H groups in total. The van der Waals surface area contributed by atoms with Crippen molar-refractivity contribution in [1.82, 2.24) is 0 Å². The van der Waals surface area contributed by atoms with Crippen LogP contribution in [0.25, 0.3) is 0 Å². The van der Waals surface area contributed by atoms with Gasteiger partial charge in [-0.3, -0.25) is 0 Å². The molecule has 1 aromatic carbocycles. The maximum atomic E-state index is 4.27. The minimum absolute atomic E-state index is 0. The van der Waals surface area contributed by atoms with Gasteiger partial charge in [-0.25, -0.2) is 0 Å². The number of benzene rings is 1. The van der Waals surface area contributed by atoms with E-state index in [4.69, 9.17) is 0 Å². The standard InChI is InChI=1S/C27H37.C2H5.Li/c1-18(2)25-16-14-24-17-20(4)7-15-26(24)27(25)23-12-10-22(11-13-23)21-8-5-19(3)6-9-21;1-2;/h7,10,12,15,17-19,21,25,27H,3,5-6,8-9,11,13-14,16H2,1-2,4H3;1H2,2H3;/q2*-1;+1. The van der Waals surface area contributed by atoms with Crippen LogP contribution in [0.5, 0.6) is 0 Å². The number of fused-ring (bicyclic) bond motifs is 1. The van der Waals surface area contributed by atoms with Crippen LogP contribution in [0.4, 0.5) is 0 Å². The van der Waals surface area contributed by atoms with E-state index in [0.29, 0.717) is 11.8 Å². The summed E-state index contributed by atoms with van der Waals surface area (Å²) in [5, 5.41) is 0. The summed E-state index contributed by atoms with van der Waals surface area (Å²) < 4.78 is 0. The Labute approximate surface area is 199 Å². The van der Waals surface area contributed by atoms with Crippen LogP contribution in [0.2, 0.25) is 0 Å². The number of hydrogen-bond donors (Lipinski definition) is 0. The number of rotatable bonds is 3. The van der Waals surface area contributed by atoms with Crippen LogP contribution < -0.4 is 18.9 Å². The van der Waals surface area contributed by atoms with Crippen LogP contribution in [0.3, 0.4) is 0 Å². The molecule has 0 heterocycles. The number of hydrogen-bond acceptors (Lipinski definition) is 0. The van der Waals surface area contributed by atoms with Crippen molar-refractivity contribution in [2.45, 2.75) is 85.0 Å². The third-order valence-corrected chi connectivity index (χ3v) is 7.65. The summed E-state index contributed by atoms with van der Waals surface area (Å²) in [5.74, 6) is 3.72. The topological polar surface area (TPSA) is 0 Å². The van der Waals surface area contributed by atoms with Crippen molar-refractivity contribution in [1.29, 1.82) is 0 Å². The second-order valence-corrected chi connectivity index (χ2v) is 9.83. The molecule has 3 aliphatic carbocycles. The van der Waals surface area contributed by atoms with Gasteiger partial charge in [-0.2, -0.15) is 12.8 Å². The first-order chi connectivity index (χ1) is 14.0. The maximum absolute atomic E-state index is 4.27. The summed E-state index contributed by atoms with van der Waals surface area (Å²) in [6, 6.07) is 7.22. The van der Waals surface area contributed by atoms with Gasteiger partial charge in [-0.05, 0) is 74.3 Å². The van der Waals surface area contributed by atoms with Gasteiger partial charge in [0, 0.05) is 5.92 Å². The van der Waals surface area contributed by atoms with E-state index in [1.54, 1.807) is 29.2 Å². The van der Waals surface area contributed by atoms with E-state index < -0.39 is 0 Å². The Morgan fingerprint density at radius 2 is 1.50 bits per heavy atom. The molecule has 0 aliphatic heterocycles. The Hall–Kier alpha value is -0.703. The van der Waals surface area contributed by atoms with Gasteiger partial charge in [-0.1, -0.05) is 73.7 Å². The summed E-state index contributed by atoms with van der Waals surface area (Å²) in [5.41, 5.74) is 8.09. The van der Waals surface area contributed by atoms with Crippen molar-refractivity contribution in [3.63, 3.8) is 0 Å². The average Bonchev–Trinajstić information content (AvgIpc) is 2.75. The predicted molar refractivity (Wildman–Crippen MR) is 128 cm³/mol. The van der Waals surface area contributed by atoms with Crippen LogP contribution >= 0.6 is 0 Å². The maximum Gasteiger partial charge on any atom is 1.00 e. The molecule has 4 rings (SSSR count). The van der Waals surface area contributed by atoms with E-state index in [2.05, 4.69) is 65.0 Å². The fourth-order valence-corrected chi connectivity index (χ4v) is 5.97. The van der Waals surface area contributed by atoms with E-state index in [0.717, 1.165) is 17.8 Å². The van der Waals surface area contributed by atoms with Gasteiger partial charge < -0.3 is 13.8 Å². The molecule has 3 aliphatic rings. The molecule has 0 amide bonds. The second-order valence-electron chi connectivity index (χ2n) is 9.83.